The van der Waals surface area contributed by atoms with E-state index in [1.807, 2.05) is 0 Å². The molecule has 1 saturated carbocycles. The zero-order chi connectivity index (χ0) is 15.3. The van der Waals surface area contributed by atoms with Gasteiger partial charge in [-0.1, -0.05) is 32.6 Å². The van der Waals surface area contributed by atoms with Crippen LogP contribution in [0.3, 0.4) is 0 Å². The molecule has 2 atom stereocenters. The Balaban J connectivity index is 1.94. The van der Waals surface area contributed by atoms with Crippen molar-refractivity contribution in [3.05, 3.63) is 0 Å². The van der Waals surface area contributed by atoms with Gasteiger partial charge in [-0.15, -0.1) is 0 Å². The molecule has 0 spiro atoms. The molecule has 2 fully saturated rings. The Hall–Kier alpha value is -0.120. The van der Waals surface area contributed by atoms with Crippen LogP contribution in [0.1, 0.15) is 66.2 Å². The molecule has 1 aliphatic heterocycles. The fraction of sp³-hybridized carbons (Fsp3) is 1.00. The van der Waals surface area contributed by atoms with Crippen molar-refractivity contribution in [2.24, 2.45) is 0 Å². The van der Waals surface area contributed by atoms with Crippen LogP contribution in [0.4, 0.5) is 0 Å². The van der Waals surface area contributed by atoms with E-state index in [4.69, 9.17) is 0 Å². The molecule has 3 nitrogen and oxygen atoms in total. The summed E-state index contributed by atoms with van der Waals surface area (Å²) in [6.07, 6.45) is 8.48. The summed E-state index contributed by atoms with van der Waals surface area (Å²) in [5.41, 5.74) is 0.327. The number of hydrogen-bond donors (Lipinski definition) is 1. The summed E-state index contributed by atoms with van der Waals surface area (Å²) in [7, 11) is 0. The monoisotopic (exact) mass is 295 g/mol. The van der Waals surface area contributed by atoms with Crippen molar-refractivity contribution in [3.63, 3.8) is 0 Å². The van der Waals surface area contributed by atoms with Crippen molar-refractivity contribution in [2.45, 2.75) is 83.8 Å². The van der Waals surface area contributed by atoms with Gasteiger partial charge in [0.15, 0.2) is 0 Å². The Labute approximate surface area is 132 Å². The number of nitrogens with zero attached hydrogens (tertiary/aromatic N) is 2. The minimum atomic E-state index is 0.327. The van der Waals surface area contributed by atoms with E-state index >= 15 is 0 Å². The lowest BCUT2D eigenvalue weighted by Crippen LogP contribution is -2.59. The van der Waals surface area contributed by atoms with E-state index in [1.165, 1.54) is 64.7 Å². The molecular formula is C18H37N3. The zero-order valence-corrected chi connectivity index (χ0v) is 14.8. The number of rotatable bonds is 3. The van der Waals surface area contributed by atoms with Gasteiger partial charge >= 0.3 is 0 Å². The van der Waals surface area contributed by atoms with E-state index < -0.39 is 0 Å². The fourth-order valence-electron chi connectivity index (χ4n) is 4.13. The molecule has 1 N–H and O–H groups in total. The van der Waals surface area contributed by atoms with Gasteiger partial charge < -0.3 is 5.32 Å². The van der Waals surface area contributed by atoms with E-state index in [2.05, 4.69) is 42.8 Å². The van der Waals surface area contributed by atoms with Crippen molar-refractivity contribution in [3.8, 4) is 0 Å². The summed E-state index contributed by atoms with van der Waals surface area (Å²) in [6, 6.07) is 1.49. The first-order chi connectivity index (χ1) is 10.0. The Morgan fingerprint density at radius 2 is 1.52 bits per heavy atom. The molecule has 21 heavy (non-hydrogen) atoms. The lowest BCUT2D eigenvalue weighted by Gasteiger charge is -2.47. The quantitative estimate of drug-likeness (QED) is 0.863. The minimum absolute atomic E-state index is 0.327. The lowest BCUT2D eigenvalue weighted by atomic mass is 9.90. The topological polar surface area (TPSA) is 18.5 Å². The molecule has 0 amide bonds. The maximum atomic E-state index is 3.79. The van der Waals surface area contributed by atoms with Crippen LogP contribution in [0.2, 0.25) is 0 Å². The van der Waals surface area contributed by atoms with E-state index in [0.717, 1.165) is 18.6 Å². The van der Waals surface area contributed by atoms with Crippen LogP contribution < -0.4 is 5.32 Å². The first-order valence-corrected chi connectivity index (χ1v) is 9.25. The molecule has 2 rings (SSSR count). The summed E-state index contributed by atoms with van der Waals surface area (Å²) >= 11 is 0. The predicted molar refractivity (Wildman–Crippen MR) is 91.9 cm³/mol. The second kappa shape index (κ2) is 7.94. The molecule has 0 bridgehead atoms. The Bertz CT molecular complexity index is 289. The lowest BCUT2D eigenvalue weighted by molar-refractivity contribution is 0.0273. The third-order valence-electron chi connectivity index (χ3n) is 5.43. The SMILES string of the molecule is CCNC1CCCCCCC1N1CCN(C(C)(C)C)CC1. The largest absolute Gasteiger partial charge is 0.313 e. The van der Waals surface area contributed by atoms with Crippen LogP contribution in [0, 0.1) is 0 Å². The summed E-state index contributed by atoms with van der Waals surface area (Å²) in [5, 5.41) is 3.79. The molecule has 3 heteroatoms. The fourth-order valence-corrected chi connectivity index (χ4v) is 4.13. The van der Waals surface area contributed by atoms with E-state index in [-0.39, 0.29) is 0 Å². The van der Waals surface area contributed by atoms with Crippen LogP contribution in [0.5, 0.6) is 0 Å². The van der Waals surface area contributed by atoms with Gasteiger partial charge in [-0.25, -0.2) is 0 Å². The van der Waals surface area contributed by atoms with Crippen LogP contribution >= 0.6 is 0 Å². The van der Waals surface area contributed by atoms with Crippen LogP contribution in [-0.2, 0) is 0 Å². The van der Waals surface area contributed by atoms with E-state index in [9.17, 15) is 0 Å². The highest BCUT2D eigenvalue weighted by Gasteiger charge is 2.32. The molecule has 0 aromatic carbocycles. The van der Waals surface area contributed by atoms with Crippen molar-refractivity contribution >= 4 is 0 Å². The summed E-state index contributed by atoms with van der Waals surface area (Å²) < 4.78 is 0. The molecule has 0 radical (unpaired) electrons. The number of hydrogen-bond acceptors (Lipinski definition) is 3. The van der Waals surface area contributed by atoms with Gasteiger partial charge in [0.2, 0.25) is 0 Å². The molecular weight excluding hydrogens is 258 g/mol. The number of likely N-dealkylation sites (N-methyl/N-ethyl adjacent to an activating group) is 1. The smallest absolute Gasteiger partial charge is 0.0250 e. The highest BCUT2D eigenvalue weighted by molar-refractivity contribution is 4.90. The predicted octanol–water partition coefficient (Wildman–Crippen LogP) is 3.10. The van der Waals surface area contributed by atoms with E-state index in [0.29, 0.717) is 5.54 Å². The Morgan fingerprint density at radius 1 is 0.905 bits per heavy atom. The van der Waals surface area contributed by atoms with Crippen molar-refractivity contribution < 1.29 is 0 Å². The van der Waals surface area contributed by atoms with Gasteiger partial charge in [0.1, 0.15) is 0 Å². The van der Waals surface area contributed by atoms with Gasteiger partial charge in [-0.05, 0) is 40.2 Å². The number of nitrogens with one attached hydrogen (secondary N) is 1. The molecule has 1 heterocycles. The van der Waals surface area contributed by atoms with Gasteiger partial charge in [0, 0.05) is 43.8 Å². The first kappa shape index (κ1) is 17.2. The minimum Gasteiger partial charge on any atom is -0.313 e. The van der Waals surface area contributed by atoms with Crippen LogP contribution in [-0.4, -0.2) is 60.1 Å². The highest BCUT2D eigenvalue weighted by Crippen LogP contribution is 2.24. The normalized spacial score (nSPS) is 30.9. The molecule has 0 aromatic rings. The molecule has 2 unspecified atom stereocenters. The molecule has 124 valence electrons. The average molecular weight is 296 g/mol. The van der Waals surface area contributed by atoms with Crippen LogP contribution in [0.25, 0.3) is 0 Å². The highest BCUT2D eigenvalue weighted by atomic mass is 15.3. The van der Waals surface area contributed by atoms with Crippen molar-refractivity contribution in [1.82, 2.24) is 15.1 Å². The average Bonchev–Trinajstić information content (AvgIpc) is 2.41. The Morgan fingerprint density at radius 3 is 2.10 bits per heavy atom. The summed E-state index contributed by atoms with van der Waals surface area (Å²) in [4.78, 5) is 5.44. The molecule has 0 aromatic heterocycles. The first-order valence-electron chi connectivity index (χ1n) is 9.25. The van der Waals surface area contributed by atoms with Crippen molar-refractivity contribution in [2.75, 3.05) is 32.7 Å². The zero-order valence-electron chi connectivity index (χ0n) is 14.8. The maximum absolute atomic E-state index is 3.79. The third kappa shape index (κ3) is 4.94. The van der Waals surface area contributed by atoms with E-state index in [1.54, 1.807) is 0 Å². The summed E-state index contributed by atoms with van der Waals surface area (Å²) in [6.45, 7) is 15.4. The van der Waals surface area contributed by atoms with Gasteiger partial charge in [-0.2, -0.15) is 0 Å². The second-order valence-corrected chi connectivity index (χ2v) is 7.92. The second-order valence-electron chi connectivity index (χ2n) is 7.92. The Kier molecular flexibility index (Phi) is 6.51. The summed E-state index contributed by atoms with van der Waals surface area (Å²) in [5.74, 6) is 0. The van der Waals surface area contributed by atoms with Gasteiger partial charge in [-0.3, -0.25) is 9.80 Å². The molecule has 1 saturated heterocycles. The number of piperazine rings is 1. The maximum Gasteiger partial charge on any atom is 0.0250 e. The molecule has 2 aliphatic rings. The molecule has 1 aliphatic carbocycles. The van der Waals surface area contributed by atoms with Crippen molar-refractivity contribution in [1.29, 1.82) is 0 Å². The van der Waals surface area contributed by atoms with Crippen LogP contribution in [0.15, 0.2) is 0 Å². The van der Waals surface area contributed by atoms with Gasteiger partial charge in [0.05, 0.1) is 0 Å². The standard InChI is InChI=1S/C18H37N3/c1-5-19-16-10-8-6-7-9-11-17(16)20-12-14-21(15-13-20)18(2,3)4/h16-17,19H,5-15H2,1-4H3. The van der Waals surface area contributed by atoms with Gasteiger partial charge in [0.25, 0.3) is 0 Å². The third-order valence-corrected chi connectivity index (χ3v) is 5.43.